The van der Waals surface area contributed by atoms with E-state index in [1.807, 2.05) is 0 Å². The van der Waals surface area contributed by atoms with Crippen LogP contribution in [0.4, 0.5) is 0 Å². The van der Waals surface area contributed by atoms with Gasteiger partial charge in [-0.05, 0) is 6.92 Å². The second-order valence-electron chi connectivity index (χ2n) is 37.4. The molecule has 11 rings (SSSR count). The van der Waals surface area contributed by atoms with E-state index >= 15 is 0 Å². The van der Waals surface area contributed by atoms with Crippen LogP contribution in [0.3, 0.4) is 0 Å². The quantitative estimate of drug-likeness (QED) is 0.0199. The lowest BCUT2D eigenvalue weighted by Crippen LogP contribution is -2.71. The van der Waals surface area contributed by atoms with Gasteiger partial charge < -0.3 is 283 Å². The molecule has 11 fully saturated rings. The second-order valence-corrected chi connectivity index (χ2v) is 37.4. The maximum absolute atomic E-state index is 13.4. The first-order valence-corrected chi connectivity index (χ1v) is 46.9. The van der Waals surface area contributed by atoms with Gasteiger partial charge in [0.15, 0.2) is 50.3 Å². The number of aliphatic hydroxyl groups excluding tert-OH is 30. The molecule has 57 atom stereocenters. The summed E-state index contributed by atoms with van der Waals surface area (Å²) in [5, 5.41) is 351. The van der Waals surface area contributed by atoms with Crippen LogP contribution >= 0.6 is 0 Å². The van der Waals surface area contributed by atoms with E-state index in [1.165, 1.54) is 20.8 Å². The van der Waals surface area contributed by atoms with E-state index in [4.69, 9.17) is 109 Å². The van der Waals surface area contributed by atoms with Crippen LogP contribution in [0.5, 0.6) is 0 Å². The SMILES string of the molecule is CC(=O)NC1C(O)[C@H](O[C@@H]2OC(CO)[C@H](O)[C@H](O[C@]3(OC=O)C[C@@H](O)[C@@H](C)C([C@H](O)[C@H](O)CO)O3)C2O)[C@H](CO)O[C@H]1OC1[C@@H](OCC2O[C@@H](O[C@@H]3C(CO)O[C@@H](O[C@@H]4C(CO)O[C@@H](C)[C@@H](NC(C)=O)C4O)[C@@H](NC(C)=O)C3O)[C@H](O)C(O[C@H]3OC(CO)[C@@H](O)C(O)C3O[C@@H]3OC(CO)[C@@H](O[C@@H]4OC(CO)[C@H](O)[C@H](O[C@]5(OC=O)C[C@@H](O)[C@@H](C)C([C@H](O)[C@H](O)CO)O5)C4O)[C@H](O)C3NC(C)=O)[C@@H]2O)OC(CO)[C@@H](O)[C@@H]1O. The number of nitrogens with one attached hydrogen (secondary N) is 4. The lowest BCUT2D eigenvalue weighted by Gasteiger charge is -2.51. The fourth-order valence-corrected chi connectivity index (χ4v) is 19.3. The molecule has 11 aliphatic heterocycles. The van der Waals surface area contributed by atoms with Crippen LogP contribution in [0.1, 0.15) is 61.3 Å². The van der Waals surface area contributed by atoms with Gasteiger partial charge in [0, 0.05) is 39.5 Å². The van der Waals surface area contributed by atoms with Crippen LogP contribution in [0.2, 0.25) is 0 Å². The Kier molecular flexibility index (Phi) is 43.8. The zero-order valence-corrected chi connectivity index (χ0v) is 79.4. The summed E-state index contributed by atoms with van der Waals surface area (Å²) in [6, 6.07) is -7.43. The number of hydrogen-bond donors (Lipinski definition) is 34. The standard InChI is InChI=1S/C83H138N4O59/c1-23-30(104)8-82(125-21-98,143-63(23)47(108)32(106)10-88)145-70-51(112)36(14-92)128-78(61(70)122)138-67-40(18-96)133-75(45(56(67)117)86-28(6)102)141-72-58(119)49(110)34(12-90)130-80(72)124-20-42-53(114)69(60(121)77(135-42)137-66-39(17-95)132-74(44(55(66)116)85-27(5)101)136-65-38(16-94)127-25(3)43(54(65)115)84-26(4)100)140-81-73(59(120)50(111)35(13-91)131-81)142-76-46(87-29(7)103)57(118)68(41(19-97)134-76)139-79-62(123)71(52(113)37(15-93)129-79)146-83(126-22-99)9-31(105)24(2)64(144-83)48(109)33(107)11-89/h21-25,30-81,88-97,104-123H,8-20H2,1-7H3,(H,84,100)(H,85,101)(H,86,102)(H,87,103)/t23-,24-,25+,30-,31-,32-,33-,34?,35?,36?,37?,38?,39?,40+,41?,42?,43-,44+,45?,46?,47-,48-,49-,50-,51+,52+,53-,54?,55?,56?,57-,58+,59?,60-,61?,62?,63?,64?,65-,66-,67-,68-,69?,70+,71+,72?,73?,74+,75+,76+,77+,78+,79+,80+,81-,82+,83+/m1/s1. The van der Waals surface area contributed by atoms with E-state index in [1.54, 1.807) is 0 Å². The summed E-state index contributed by atoms with van der Waals surface area (Å²) in [5.41, 5.74) is 0. The molecule has 0 saturated carbocycles. The molecule has 63 heteroatoms. The van der Waals surface area contributed by atoms with Gasteiger partial charge in [0.2, 0.25) is 23.6 Å². The Labute approximate surface area is 828 Å². The average molecular weight is 2140 g/mol. The summed E-state index contributed by atoms with van der Waals surface area (Å²) < 4.78 is 137. The van der Waals surface area contributed by atoms with Crippen LogP contribution in [-0.2, 0) is 138 Å². The van der Waals surface area contributed by atoms with Crippen molar-refractivity contribution >= 4 is 36.6 Å². The fraction of sp³-hybridized carbons (Fsp3) is 0.928. The molecule has 0 radical (unpaired) electrons. The third kappa shape index (κ3) is 26.8. The second kappa shape index (κ2) is 52.8. The molecule has 0 spiro atoms. The predicted octanol–water partition coefficient (Wildman–Crippen LogP) is -22.3. The van der Waals surface area contributed by atoms with Crippen molar-refractivity contribution in [2.75, 3.05) is 72.7 Å². The Morgan fingerprint density at radius 3 is 0.911 bits per heavy atom. The highest BCUT2D eigenvalue weighted by atomic mass is 16.9. The lowest BCUT2D eigenvalue weighted by atomic mass is 9.86. The van der Waals surface area contributed by atoms with Crippen molar-refractivity contribution in [2.24, 2.45) is 11.8 Å². The van der Waals surface area contributed by atoms with Crippen LogP contribution in [-0.4, -0.2) is 599 Å². The van der Waals surface area contributed by atoms with Gasteiger partial charge in [-0.15, -0.1) is 0 Å². The minimum atomic E-state index is -2.92. The Balaban J connectivity index is 0.906. The van der Waals surface area contributed by atoms with Gasteiger partial charge in [-0.3, -0.25) is 28.8 Å². The number of aliphatic hydroxyl groups is 30. The molecule has 11 aliphatic rings. The smallest absolute Gasteiger partial charge is 0.332 e. The molecule has 844 valence electrons. The molecule has 0 bridgehead atoms. The van der Waals surface area contributed by atoms with Crippen LogP contribution in [0.15, 0.2) is 0 Å². The molecular weight excluding hydrogens is 2000 g/mol. The normalized spacial score (nSPS) is 47.5. The highest BCUT2D eigenvalue weighted by Crippen LogP contribution is 2.46. The highest BCUT2D eigenvalue weighted by molar-refractivity contribution is 5.74. The summed E-state index contributed by atoms with van der Waals surface area (Å²) in [6.45, 7) is -5.61. The van der Waals surface area contributed by atoms with Gasteiger partial charge in [-0.2, -0.15) is 0 Å². The minimum Gasteiger partial charge on any atom is -0.410 e. The van der Waals surface area contributed by atoms with Crippen LogP contribution in [0.25, 0.3) is 0 Å². The first-order valence-electron chi connectivity index (χ1n) is 46.9. The summed E-state index contributed by atoms with van der Waals surface area (Å²) in [7, 11) is 0. The van der Waals surface area contributed by atoms with Gasteiger partial charge in [0.25, 0.3) is 12.9 Å². The third-order valence-electron chi connectivity index (χ3n) is 27.3. The van der Waals surface area contributed by atoms with Gasteiger partial charge in [0.1, 0.15) is 238 Å². The Bertz CT molecular complexity index is 4070. The van der Waals surface area contributed by atoms with E-state index in [2.05, 4.69) is 21.3 Å². The maximum atomic E-state index is 13.4. The molecule has 0 aliphatic carbocycles. The summed E-state index contributed by atoms with van der Waals surface area (Å²) in [5.74, 6) is -11.8. The molecule has 21 unspecified atom stereocenters. The molecule has 4 amide bonds. The Morgan fingerprint density at radius 1 is 0.308 bits per heavy atom. The van der Waals surface area contributed by atoms with Crippen molar-refractivity contribution < 1.29 is 291 Å². The van der Waals surface area contributed by atoms with Gasteiger partial charge in [-0.25, -0.2) is 0 Å². The maximum Gasteiger partial charge on any atom is 0.332 e. The van der Waals surface area contributed by atoms with Crippen molar-refractivity contribution in [3.8, 4) is 0 Å². The molecule has 63 nitrogen and oxygen atoms in total. The molecule has 0 aromatic carbocycles. The van der Waals surface area contributed by atoms with E-state index in [0.717, 1.165) is 27.7 Å². The zero-order chi connectivity index (χ0) is 108. The summed E-state index contributed by atoms with van der Waals surface area (Å²) in [6.07, 6.45) is -107. The lowest BCUT2D eigenvalue weighted by molar-refractivity contribution is -0.449. The number of carbonyl (C=O) groups excluding carboxylic acids is 6. The van der Waals surface area contributed by atoms with E-state index in [-0.39, 0.29) is 12.9 Å². The van der Waals surface area contributed by atoms with Crippen molar-refractivity contribution in [3.05, 3.63) is 0 Å². The predicted molar refractivity (Wildman–Crippen MR) is 452 cm³/mol. The van der Waals surface area contributed by atoms with Crippen LogP contribution < -0.4 is 21.3 Å². The van der Waals surface area contributed by atoms with Crippen molar-refractivity contribution in [3.63, 3.8) is 0 Å². The summed E-state index contributed by atoms with van der Waals surface area (Å²) in [4.78, 5) is 76.6. The van der Waals surface area contributed by atoms with Crippen molar-refractivity contribution in [1.82, 2.24) is 21.3 Å². The van der Waals surface area contributed by atoms with Crippen molar-refractivity contribution in [1.29, 1.82) is 0 Å². The number of rotatable bonds is 43. The molecule has 0 aromatic heterocycles. The highest BCUT2D eigenvalue weighted by Gasteiger charge is 2.65. The van der Waals surface area contributed by atoms with E-state index in [0.29, 0.717) is 0 Å². The number of carbonyl (C=O) groups is 6. The molecule has 146 heavy (non-hydrogen) atoms. The topological polar surface area (TPSA) is 970 Å². The largest absolute Gasteiger partial charge is 0.410 e. The number of hydrogen-bond acceptors (Lipinski definition) is 59. The zero-order valence-electron chi connectivity index (χ0n) is 79.4. The monoisotopic (exact) mass is 2130 g/mol. The Hall–Kier alpha value is -5.22. The van der Waals surface area contributed by atoms with Crippen LogP contribution in [0, 0.1) is 11.8 Å². The molecule has 34 N–H and O–H groups in total. The molecule has 0 aromatic rings. The van der Waals surface area contributed by atoms with Gasteiger partial charge in [0.05, 0.1) is 122 Å². The average Bonchev–Trinajstić information content (AvgIpc) is 0.761. The fourth-order valence-electron chi connectivity index (χ4n) is 19.3. The van der Waals surface area contributed by atoms with E-state index < -0.39 is 458 Å². The number of ether oxygens (including phenoxy) is 23. The molecule has 11 saturated heterocycles. The van der Waals surface area contributed by atoms with Crippen molar-refractivity contribution in [2.45, 2.75) is 398 Å². The molecular formula is C83H138N4O59. The van der Waals surface area contributed by atoms with Gasteiger partial charge >= 0.3 is 11.9 Å². The number of amides is 4. The van der Waals surface area contributed by atoms with E-state index in [9.17, 15) is 182 Å². The van der Waals surface area contributed by atoms with Gasteiger partial charge in [-0.1, -0.05) is 13.8 Å². The third-order valence-corrected chi connectivity index (χ3v) is 27.3. The minimum absolute atomic E-state index is 0.264. The first kappa shape index (κ1) is 121. The summed E-state index contributed by atoms with van der Waals surface area (Å²) >= 11 is 0. The Morgan fingerprint density at radius 2 is 0.575 bits per heavy atom. The molecule has 11 heterocycles. The first-order chi connectivity index (χ1) is 69.1.